The number of ketones is 1. The quantitative estimate of drug-likeness (QED) is 0.0193. The van der Waals surface area contributed by atoms with Crippen LogP contribution in [0.5, 0.6) is 17.2 Å². The maximum atomic E-state index is 14.7. The fourth-order valence-corrected chi connectivity index (χ4v) is 11.7. The van der Waals surface area contributed by atoms with Crippen molar-refractivity contribution in [2.45, 2.75) is 93.0 Å². The number of halogens is 3. The second kappa shape index (κ2) is 39.5. The first-order chi connectivity index (χ1) is 45.7. The summed E-state index contributed by atoms with van der Waals surface area (Å²) in [5.74, 6) is -4.52. The summed E-state index contributed by atoms with van der Waals surface area (Å²) in [5, 5.41) is 16.2. The average Bonchev–Trinajstić information content (AvgIpc) is 1.42. The molecule has 25 heteroatoms. The third kappa shape index (κ3) is 26.6. The number of hydrogen-bond donors (Lipinski definition) is 6. The van der Waals surface area contributed by atoms with Crippen LogP contribution in [-0.2, 0) is 70.6 Å². The number of ether oxygens (including phenoxy) is 2. The minimum atomic E-state index is -4.62. The molecule has 522 valence electrons. The van der Waals surface area contributed by atoms with Gasteiger partial charge in [-0.3, -0.25) is 38.4 Å². The van der Waals surface area contributed by atoms with Gasteiger partial charge in [0.1, 0.15) is 5.75 Å². The fraction of sp³-hybridized carbons (Fsp3) is 0.465. The van der Waals surface area contributed by atoms with Gasteiger partial charge < -0.3 is 66.9 Å². The van der Waals surface area contributed by atoms with Crippen molar-refractivity contribution in [3.63, 3.8) is 0 Å². The van der Waals surface area contributed by atoms with Crippen molar-refractivity contribution in [1.29, 1.82) is 0 Å². The van der Waals surface area contributed by atoms with E-state index in [0.717, 1.165) is 40.0 Å². The van der Waals surface area contributed by atoms with Crippen molar-refractivity contribution < 1.29 is 66.1 Å². The van der Waals surface area contributed by atoms with Crippen molar-refractivity contribution >= 4 is 58.9 Å². The van der Waals surface area contributed by atoms with Crippen LogP contribution in [0.1, 0.15) is 88.6 Å². The average molecular weight is 1350 g/mol. The summed E-state index contributed by atoms with van der Waals surface area (Å²) in [6.45, 7) is 11.6. The summed E-state index contributed by atoms with van der Waals surface area (Å²) >= 11 is 1.35. The molecule has 5 rings (SSSR count). The van der Waals surface area contributed by atoms with E-state index in [4.69, 9.17) is 26.7 Å². The van der Waals surface area contributed by atoms with Gasteiger partial charge in [-0.05, 0) is 98.5 Å². The number of aromatic hydroxyl groups is 1. The number of amides is 7. The SMILES string of the molecule is CSCC(CC(=O)CN(CCN)C(=O)CN(CCN)C(=O)CCCNC(=O)CN(Cc1ccc(C(F)(F)F)cc1)C(=O)[C@H](C)/C=C(\C)CN(CCc1ccc(O)cc1)C(=O)[C@H](C)/C=C(\C)CN(Cc1ccccc1)C(=O)[C@H](C)/C=C(\C)CNCc1ccc2c(c1)OCO2)C(N)=O. The number of thioether (sulfide) groups is 1. The Morgan fingerprint density at radius 3 is 1.74 bits per heavy atom. The Morgan fingerprint density at radius 2 is 1.16 bits per heavy atom. The number of hydrogen-bond acceptors (Lipinski definition) is 15. The van der Waals surface area contributed by atoms with E-state index in [1.165, 1.54) is 38.6 Å². The molecular weight excluding hydrogens is 1260 g/mol. The Hall–Kier alpha value is -8.52. The molecule has 0 spiro atoms. The molecule has 0 aromatic heterocycles. The molecule has 0 saturated carbocycles. The van der Waals surface area contributed by atoms with Crippen LogP contribution in [0, 0.1) is 23.7 Å². The molecule has 4 aromatic carbocycles. The summed E-state index contributed by atoms with van der Waals surface area (Å²) in [4.78, 5) is 116. The molecule has 7 amide bonds. The third-order valence-electron chi connectivity index (χ3n) is 15.9. The van der Waals surface area contributed by atoms with Gasteiger partial charge in [0.05, 0.1) is 48.9 Å². The van der Waals surface area contributed by atoms with E-state index in [2.05, 4.69) is 10.6 Å². The molecule has 4 aromatic rings. The number of nitrogens with zero attached hydrogens (tertiary/aromatic N) is 5. The zero-order valence-electron chi connectivity index (χ0n) is 56.2. The highest BCUT2D eigenvalue weighted by molar-refractivity contribution is 7.98. The Balaban J connectivity index is 1.28. The van der Waals surface area contributed by atoms with Crippen molar-refractivity contribution in [3.8, 4) is 17.2 Å². The monoisotopic (exact) mass is 1350 g/mol. The van der Waals surface area contributed by atoms with E-state index in [9.17, 15) is 56.6 Å². The van der Waals surface area contributed by atoms with Crippen LogP contribution in [-0.4, -0.2) is 174 Å². The van der Waals surface area contributed by atoms with Crippen LogP contribution in [0.3, 0.4) is 0 Å². The van der Waals surface area contributed by atoms with Gasteiger partial charge >= 0.3 is 6.18 Å². The first kappa shape index (κ1) is 78.2. The van der Waals surface area contributed by atoms with Gasteiger partial charge in [0.25, 0.3) is 0 Å². The molecule has 0 fully saturated rings. The number of phenolic OH excluding ortho intramolecular Hbond substituents is 1. The summed E-state index contributed by atoms with van der Waals surface area (Å²) in [6.07, 6.45) is 2.85. The van der Waals surface area contributed by atoms with Crippen LogP contribution in [0.2, 0.25) is 0 Å². The number of phenols is 1. The number of Topliss-reactive ketones (excluding diaryl/α,β-unsaturated/α-hetero) is 1. The zero-order chi connectivity index (χ0) is 70.5. The minimum Gasteiger partial charge on any atom is -0.508 e. The second-order valence-corrected chi connectivity index (χ2v) is 25.3. The fourth-order valence-electron chi connectivity index (χ4n) is 11.0. The minimum absolute atomic E-state index is 0.00000651. The molecular formula is C71H95F3N10O11S. The van der Waals surface area contributed by atoms with Gasteiger partial charge in [0, 0.05) is 97.1 Å². The molecule has 4 atom stereocenters. The second-order valence-electron chi connectivity index (χ2n) is 24.4. The molecule has 0 radical (unpaired) electrons. The molecule has 0 saturated heterocycles. The molecule has 1 aliphatic rings. The molecule has 9 N–H and O–H groups in total. The highest BCUT2D eigenvalue weighted by Crippen LogP contribution is 2.33. The highest BCUT2D eigenvalue weighted by atomic mass is 32.2. The topological polar surface area (TPSA) is 294 Å². The summed E-state index contributed by atoms with van der Waals surface area (Å²) in [6, 6.07) is 26.3. The highest BCUT2D eigenvalue weighted by Gasteiger charge is 2.32. The molecule has 1 heterocycles. The van der Waals surface area contributed by atoms with E-state index >= 15 is 0 Å². The van der Waals surface area contributed by atoms with Gasteiger partial charge in [0.15, 0.2) is 17.3 Å². The van der Waals surface area contributed by atoms with Gasteiger partial charge in [-0.25, -0.2) is 0 Å². The lowest BCUT2D eigenvalue weighted by Crippen LogP contribution is -2.47. The molecule has 0 bridgehead atoms. The van der Waals surface area contributed by atoms with Gasteiger partial charge in [0.2, 0.25) is 48.1 Å². The Labute approximate surface area is 566 Å². The van der Waals surface area contributed by atoms with E-state index in [1.54, 1.807) is 67.2 Å². The molecule has 96 heavy (non-hydrogen) atoms. The number of fused-ring (bicyclic) bond motifs is 1. The molecule has 1 aliphatic heterocycles. The van der Waals surface area contributed by atoms with Crippen molar-refractivity contribution in [2.75, 3.05) is 97.3 Å². The lowest BCUT2D eigenvalue weighted by atomic mass is 10.0. The van der Waals surface area contributed by atoms with Crippen molar-refractivity contribution in [3.05, 3.63) is 160 Å². The number of primary amides is 1. The Kier molecular flexibility index (Phi) is 32.2. The van der Waals surface area contributed by atoms with E-state index in [-0.39, 0.29) is 109 Å². The summed E-state index contributed by atoms with van der Waals surface area (Å²) in [5.41, 5.74) is 21.7. The Morgan fingerprint density at radius 1 is 0.625 bits per heavy atom. The molecule has 1 unspecified atom stereocenters. The van der Waals surface area contributed by atoms with Crippen molar-refractivity contribution in [2.24, 2.45) is 40.9 Å². The molecule has 0 aliphatic carbocycles. The van der Waals surface area contributed by atoms with Gasteiger partial charge in [-0.15, -0.1) is 0 Å². The number of alkyl halides is 3. The van der Waals surface area contributed by atoms with Gasteiger partial charge in [-0.2, -0.15) is 24.9 Å². The standard InChI is InChI=1S/C71H95F3N10O11S/c1-48(37-78-38-57-19-24-62-63(35-57)95-47-94-62)32-51(4)69(92)83(41-55-12-9-8-10-13-55)40-50(3)34-52(5)68(91)82(29-25-54-17-22-60(85)23-18-54)39-49(2)33-53(6)70(93)84(42-56-15-20-59(21-16-56)71(72,73)74)44-64(87)79-28-11-14-65(88)81(31-27-76)45-66(89)80(30-26-75)43-61(86)36-58(46-96-7)67(77)90/h8-10,12-13,15-24,32-35,51-53,58,78,85H,11,14,25-31,36-47,75-76H2,1-7H3,(H2,77,90)(H,79,87)/b48-32+,49-33+,50-34+/t51-,52-,53-,58?/m1/s1. The van der Waals surface area contributed by atoms with E-state index in [0.29, 0.717) is 54.4 Å². The van der Waals surface area contributed by atoms with Crippen LogP contribution in [0.15, 0.2) is 132 Å². The largest absolute Gasteiger partial charge is 0.508 e. The number of carbonyl (C=O) groups excluding carboxylic acids is 8. The normalized spacial score (nSPS) is 13.6. The number of rotatable bonds is 40. The third-order valence-corrected chi connectivity index (χ3v) is 16.6. The summed E-state index contributed by atoms with van der Waals surface area (Å²) in [7, 11) is 0. The number of carbonyl (C=O) groups is 8. The van der Waals surface area contributed by atoms with Crippen LogP contribution in [0.25, 0.3) is 0 Å². The van der Waals surface area contributed by atoms with E-state index < -0.39 is 83.8 Å². The molecule has 21 nitrogen and oxygen atoms in total. The lowest BCUT2D eigenvalue weighted by Gasteiger charge is -2.28. The first-order valence-electron chi connectivity index (χ1n) is 32.2. The lowest BCUT2D eigenvalue weighted by molar-refractivity contribution is -0.142. The predicted molar refractivity (Wildman–Crippen MR) is 364 cm³/mol. The smallest absolute Gasteiger partial charge is 0.416 e. The van der Waals surface area contributed by atoms with Crippen LogP contribution >= 0.6 is 11.8 Å². The van der Waals surface area contributed by atoms with Crippen LogP contribution in [0.4, 0.5) is 13.2 Å². The maximum absolute atomic E-state index is 14.7. The number of nitrogens with one attached hydrogen (secondary N) is 2. The Bertz CT molecular complexity index is 3330. The van der Waals surface area contributed by atoms with Crippen LogP contribution < -0.4 is 37.3 Å². The number of benzene rings is 4. The van der Waals surface area contributed by atoms with Crippen molar-refractivity contribution in [1.82, 2.24) is 35.1 Å². The summed E-state index contributed by atoms with van der Waals surface area (Å²) < 4.78 is 51.9. The first-order valence-corrected chi connectivity index (χ1v) is 33.5. The van der Waals surface area contributed by atoms with Gasteiger partial charge in [-0.1, -0.05) is 116 Å². The maximum Gasteiger partial charge on any atom is 0.416 e. The number of nitrogens with two attached hydrogens (primary N) is 3. The predicted octanol–water partition coefficient (Wildman–Crippen LogP) is 7.00. The van der Waals surface area contributed by atoms with E-state index in [1.807, 2.05) is 81.5 Å². The zero-order valence-corrected chi connectivity index (χ0v) is 57.0.